The lowest BCUT2D eigenvalue weighted by Crippen LogP contribution is -2.00. The Kier molecular flexibility index (Phi) is 1.42. The molecule has 0 aliphatic heterocycles. The Morgan fingerprint density at radius 1 is 1.38 bits per heavy atom. The van der Waals surface area contributed by atoms with Crippen molar-refractivity contribution in [3.05, 3.63) is 11.8 Å². The molecule has 0 spiro atoms. The van der Waals surface area contributed by atoms with E-state index in [9.17, 15) is 4.79 Å². The van der Waals surface area contributed by atoms with Crippen molar-refractivity contribution in [3.63, 3.8) is 0 Å². The van der Waals surface area contributed by atoms with Crippen LogP contribution in [0.15, 0.2) is 6.20 Å². The summed E-state index contributed by atoms with van der Waals surface area (Å²) in [5, 5.41) is 0.518. The van der Waals surface area contributed by atoms with Gasteiger partial charge in [-0.05, 0) is 0 Å². The number of carbonyl (C=O) groups excluding carboxylic acids is 1. The second-order valence-corrected chi connectivity index (χ2v) is 2.55. The number of nitrogens with two attached hydrogens (primary N) is 2. The number of aldehydes is 1. The fraction of sp³-hybridized carbons (Fsp3) is 0. The van der Waals surface area contributed by atoms with E-state index < -0.39 is 0 Å². The maximum atomic E-state index is 10.6. The number of hydrogen-bond acceptors (Lipinski definition) is 5. The number of hydrogen-bond donors (Lipinski definition) is 3. The average molecular weight is 177 g/mol. The van der Waals surface area contributed by atoms with Gasteiger partial charge in [-0.15, -0.1) is 0 Å². The number of H-pyrrole nitrogens is 1. The molecule has 0 saturated carbocycles. The predicted octanol–water partition coefficient (Wildman–Crippen LogP) is -0.0652. The van der Waals surface area contributed by atoms with Gasteiger partial charge in [-0.1, -0.05) is 0 Å². The molecule has 0 aromatic carbocycles. The summed E-state index contributed by atoms with van der Waals surface area (Å²) in [5.41, 5.74) is 11.8. The van der Waals surface area contributed by atoms with Crippen LogP contribution in [0, 0.1) is 0 Å². The highest BCUT2D eigenvalue weighted by Crippen LogP contribution is 2.20. The van der Waals surface area contributed by atoms with Gasteiger partial charge in [0.15, 0.2) is 6.29 Å². The van der Waals surface area contributed by atoms with E-state index >= 15 is 0 Å². The van der Waals surface area contributed by atoms with Gasteiger partial charge in [-0.2, -0.15) is 9.97 Å². The monoisotopic (exact) mass is 177 g/mol. The van der Waals surface area contributed by atoms with Gasteiger partial charge in [-0.3, -0.25) is 4.79 Å². The van der Waals surface area contributed by atoms with Crippen molar-refractivity contribution in [2.24, 2.45) is 0 Å². The number of aromatic nitrogens is 3. The summed E-state index contributed by atoms with van der Waals surface area (Å²) in [6, 6.07) is 0. The van der Waals surface area contributed by atoms with E-state index in [1.807, 2.05) is 0 Å². The zero-order chi connectivity index (χ0) is 9.42. The zero-order valence-electron chi connectivity index (χ0n) is 6.61. The van der Waals surface area contributed by atoms with Crippen LogP contribution in [0.25, 0.3) is 11.0 Å². The maximum Gasteiger partial charge on any atom is 0.223 e. The van der Waals surface area contributed by atoms with Gasteiger partial charge in [0.25, 0.3) is 0 Å². The lowest BCUT2D eigenvalue weighted by molar-refractivity contribution is 0.112. The van der Waals surface area contributed by atoms with Crippen LogP contribution in [0.2, 0.25) is 0 Å². The summed E-state index contributed by atoms with van der Waals surface area (Å²) in [4.78, 5) is 21.0. The number of anilines is 2. The van der Waals surface area contributed by atoms with Crippen LogP contribution in [0.3, 0.4) is 0 Å². The molecule has 5 N–H and O–H groups in total. The predicted molar refractivity (Wildman–Crippen MR) is 48.1 cm³/mol. The van der Waals surface area contributed by atoms with E-state index in [0.29, 0.717) is 22.9 Å². The minimum atomic E-state index is 0.0873. The fourth-order valence-corrected chi connectivity index (χ4v) is 1.20. The molecule has 6 nitrogen and oxygen atoms in total. The van der Waals surface area contributed by atoms with Crippen molar-refractivity contribution in [1.29, 1.82) is 0 Å². The van der Waals surface area contributed by atoms with Crippen LogP contribution in [0.5, 0.6) is 0 Å². The number of fused-ring (bicyclic) bond motifs is 1. The molecule has 0 unspecified atom stereocenters. The lowest BCUT2D eigenvalue weighted by atomic mass is 10.2. The minimum absolute atomic E-state index is 0.0873. The highest BCUT2D eigenvalue weighted by molar-refractivity contribution is 6.01. The highest BCUT2D eigenvalue weighted by atomic mass is 16.1. The Hall–Kier alpha value is -2.11. The molecule has 66 valence electrons. The third-order valence-electron chi connectivity index (χ3n) is 1.73. The molecule has 6 heteroatoms. The summed E-state index contributed by atoms with van der Waals surface area (Å²) < 4.78 is 0. The molecule has 0 fully saturated rings. The summed E-state index contributed by atoms with van der Waals surface area (Å²) in [6.45, 7) is 0. The zero-order valence-corrected chi connectivity index (χ0v) is 6.61. The van der Waals surface area contributed by atoms with Crippen molar-refractivity contribution in [3.8, 4) is 0 Å². The van der Waals surface area contributed by atoms with Gasteiger partial charge in [0.05, 0.1) is 5.39 Å². The SMILES string of the molecule is Nc1nc(N)c2c(C=O)c[nH]c2n1. The van der Waals surface area contributed by atoms with E-state index in [0.717, 1.165) is 0 Å². The Labute approximate surface area is 73.0 Å². The van der Waals surface area contributed by atoms with Gasteiger partial charge in [0.1, 0.15) is 11.5 Å². The van der Waals surface area contributed by atoms with Gasteiger partial charge in [0.2, 0.25) is 5.95 Å². The van der Waals surface area contributed by atoms with Gasteiger partial charge >= 0.3 is 0 Å². The smallest absolute Gasteiger partial charge is 0.223 e. The molecule has 0 bridgehead atoms. The van der Waals surface area contributed by atoms with Crippen molar-refractivity contribution in [2.45, 2.75) is 0 Å². The second-order valence-electron chi connectivity index (χ2n) is 2.55. The molecule has 0 aliphatic carbocycles. The highest BCUT2D eigenvalue weighted by Gasteiger charge is 2.09. The number of nitrogens with one attached hydrogen (secondary N) is 1. The standard InChI is InChI=1S/C7H7N5O/c8-5-4-3(2-13)1-10-6(4)12-7(9)11-5/h1-2H,(H5,8,9,10,11,12). The van der Waals surface area contributed by atoms with Crippen LogP contribution in [-0.4, -0.2) is 21.2 Å². The number of nitrogen functional groups attached to an aromatic ring is 2. The number of aromatic amines is 1. The molecule has 2 heterocycles. The molecule has 2 rings (SSSR count). The minimum Gasteiger partial charge on any atom is -0.383 e. The quantitative estimate of drug-likeness (QED) is 0.528. The first-order chi connectivity index (χ1) is 6.22. The van der Waals surface area contributed by atoms with Crippen LogP contribution in [0.1, 0.15) is 10.4 Å². The van der Waals surface area contributed by atoms with Crippen LogP contribution >= 0.6 is 0 Å². The lowest BCUT2D eigenvalue weighted by Gasteiger charge is -1.96. The topological polar surface area (TPSA) is 111 Å². The van der Waals surface area contributed by atoms with Gasteiger partial charge in [-0.25, -0.2) is 0 Å². The van der Waals surface area contributed by atoms with Crippen LogP contribution in [-0.2, 0) is 0 Å². The fourth-order valence-electron chi connectivity index (χ4n) is 1.20. The first-order valence-corrected chi connectivity index (χ1v) is 3.57. The van der Waals surface area contributed by atoms with Crippen molar-refractivity contribution >= 4 is 29.1 Å². The van der Waals surface area contributed by atoms with E-state index in [-0.39, 0.29) is 11.8 Å². The summed E-state index contributed by atoms with van der Waals surface area (Å²) in [7, 11) is 0. The van der Waals surface area contributed by atoms with E-state index in [1.54, 1.807) is 0 Å². The Balaban J connectivity index is 2.89. The molecular weight excluding hydrogens is 170 g/mol. The second kappa shape index (κ2) is 2.44. The maximum absolute atomic E-state index is 10.6. The number of nitrogens with zero attached hydrogens (tertiary/aromatic N) is 2. The van der Waals surface area contributed by atoms with Crippen molar-refractivity contribution in [2.75, 3.05) is 11.5 Å². The molecule has 0 atom stereocenters. The molecule has 13 heavy (non-hydrogen) atoms. The summed E-state index contributed by atoms with van der Waals surface area (Å²) in [6.07, 6.45) is 2.21. The molecule has 0 radical (unpaired) electrons. The molecule has 2 aromatic heterocycles. The first-order valence-electron chi connectivity index (χ1n) is 3.57. The van der Waals surface area contributed by atoms with Crippen molar-refractivity contribution in [1.82, 2.24) is 15.0 Å². The Bertz CT molecular complexity index is 475. The Morgan fingerprint density at radius 3 is 2.85 bits per heavy atom. The molecule has 0 amide bonds. The summed E-state index contributed by atoms with van der Waals surface area (Å²) in [5.74, 6) is 0.301. The molecule has 0 saturated heterocycles. The average Bonchev–Trinajstić information content (AvgIpc) is 2.47. The van der Waals surface area contributed by atoms with E-state index in [2.05, 4.69) is 15.0 Å². The third-order valence-corrected chi connectivity index (χ3v) is 1.73. The summed E-state index contributed by atoms with van der Waals surface area (Å²) >= 11 is 0. The molecule has 0 aliphatic rings. The Morgan fingerprint density at radius 2 is 2.15 bits per heavy atom. The first kappa shape index (κ1) is 7.53. The largest absolute Gasteiger partial charge is 0.383 e. The number of rotatable bonds is 1. The van der Waals surface area contributed by atoms with Gasteiger partial charge < -0.3 is 16.5 Å². The van der Waals surface area contributed by atoms with Crippen LogP contribution < -0.4 is 11.5 Å². The number of carbonyl (C=O) groups is 1. The van der Waals surface area contributed by atoms with E-state index in [4.69, 9.17) is 11.5 Å². The van der Waals surface area contributed by atoms with Crippen LogP contribution in [0.4, 0.5) is 11.8 Å². The van der Waals surface area contributed by atoms with E-state index in [1.165, 1.54) is 6.20 Å². The molecular formula is C7H7N5O. The normalized spacial score (nSPS) is 10.5. The molecule has 2 aromatic rings. The van der Waals surface area contributed by atoms with Gasteiger partial charge in [0, 0.05) is 11.8 Å². The van der Waals surface area contributed by atoms with Crippen molar-refractivity contribution < 1.29 is 4.79 Å². The third kappa shape index (κ3) is 0.994.